The standard InChI is InChI=1S/C38H36N6O6S2/c1-51(47,48)43(35-9-5-3-6-10-35)27-31-17-21-33(22-18-31)37(45)41-39-25-29-13-15-30(16-14-29)26-40-42-38(46)34-23-19-32(20-24-34)28-44(52(2,49)50)36-11-7-4-8-12-36/h3-26H,27-28H2,1-2H3,(H,41,45)(H,42,46). The Morgan fingerprint density at radius 3 is 1.15 bits per heavy atom. The lowest BCUT2D eigenvalue weighted by Crippen LogP contribution is -2.29. The number of benzene rings is 5. The molecule has 0 unspecified atom stereocenters. The fourth-order valence-corrected chi connectivity index (χ4v) is 6.75. The van der Waals surface area contributed by atoms with Crippen molar-refractivity contribution in [1.82, 2.24) is 10.9 Å². The molecule has 0 aromatic heterocycles. The molecule has 2 amide bonds. The molecule has 0 heterocycles. The Bertz CT molecular complexity index is 2100. The van der Waals surface area contributed by atoms with Crippen LogP contribution < -0.4 is 19.5 Å². The molecule has 0 aliphatic rings. The number of carbonyl (C=O) groups is 2. The molecule has 266 valence electrons. The SMILES string of the molecule is CS(=O)(=O)N(Cc1ccc(C(=O)NN=Cc2ccc(C=NNC(=O)c3ccc(CN(c4ccccc4)S(C)(=O)=O)cc3)cc2)cc1)c1ccccc1. The zero-order chi connectivity index (χ0) is 37.1. The molecule has 0 aliphatic heterocycles. The average molecular weight is 737 g/mol. The molecule has 14 heteroatoms. The van der Waals surface area contributed by atoms with Crippen molar-refractivity contribution in [3.05, 3.63) is 167 Å². The Kier molecular flexibility index (Phi) is 11.9. The average Bonchev–Trinajstić information content (AvgIpc) is 3.13. The van der Waals surface area contributed by atoms with Gasteiger partial charge in [0.05, 0.1) is 49.4 Å². The van der Waals surface area contributed by atoms with E-state index in [2.05, 4.69) is 21.1 Å². The fraction of sp³-hybridized carbons (Fsp3) is 0.105. The lowest BCUT2D eigenvalue weighted by atomic mass is 10.1. The molecular formula is C38H36N6O6S2. The highest BCUT2D eigenvalue weighted by Crippen LogP contribution is 2.22. The summed E-state index contributed by atoms with van der Waals surface area (Å²) in [6.07, 6.45) is 5.27. The summed E-state index contributed by atoms with van der Waals surface area (Å²) in [6.45, 7) is 0.240. The van der Waals surface area contributed by atoms with Crippen molar-refractivity contribution < 1.29 is 26.4 Å². The minimum absolute atomic E-state index is 0.120. The normalized spacial score (nSPS) is 11.7. The molecule has 0 bridgehead atoms. The molecule has 0 aliphatic carbocycles. The Balaban J connectivity index is 1.09. The minimum Gasteiger partial charge on any atom is -0.267 e. The number of anilines is 2. The summed E-state index contributed by atoms with van der Waals surface area (Å²) in [6, 6.07) is 37.9. The highest BCUT2D eigenvalue weighted by molar-refractivity contribution is 7.92. The lowest BCUT2D eigenvalue weighted by molar-refractivity contribution is 0.0947. The maximum absolute atomic E-state index is 12.6. The molecule has 0 fully saturated rings. The third-order valence-electron chi connectivity index (χ3n) is 7.67. The highest BCUT2D eigenvalue weighted by atomic mass is 32.2. The molecule has 0 saturated carbocycles. The van der Waals surface area contributed by atoms with E-state index in [-0.39, 0.29) is 13.1 Å². The van der Waals surface area contributed by atoms with Crippen molar-refractivity contribution in [3.8, 4) is 0 Å². The van der Waals surface area contributed by atoms with Crippen molar-refractivity contribution >= 4 is 55.7 Å². The van der Waals surface area contributed by atoms with Crippen LogP contribution in [0.4, 0.5) is 11.4 Å². The van der Waals surface area contributed by atoms with E-state index in [0.717, 1.165) is 12.5 Å². The number of amides is 2. The molecule has 0 spiro atoms. The predicted octanol–water partition coefficient (Wildman–Crippen LogP) is 5.15. The van der Waals surface area contributed by atoms with Gasteiger partial charge in [-0.2, -0.15) is 10.2 Å². The van der Waals surface area contributed by atoms with Crippen molar-refractivity contribution in [2.24, 2.45) is 10.2 Å². The molecule has 12 nitrogen and oxygen atoms in total. The first-order valence-corrected chi connectivity index (χ1v) is 19.6. The van der Waals surface area contributed by atoms with Crippen LogP contribution in [0.5, 0.6) is 0 Å². The summed E-state index contributed by atoms with van der Waals surface area (Å²) in [5.74, 6) is -0.856. The largest absolute Gasteiger partial charge is 0.271 e. The molecule has 5 aromatic rings. The number of para-hydroxylation sites is 2. The van der Waals surface area contributed by atoms with Gasteiger partial charge in [-0.15, -0.1) is 0 Å². The second-order valence-corrected chi connectivity index (χ2v) is 15.5. The van der Waals surface area contributed by atoms with E-state index in [0.29, 0.717) is 44.8 Å². The zero-order valence-electron chi connectivity index (χ0n) is 28.3. The van der Waals surface area contributed by atoms with Gasteiger partial charge in [-0.25, -0.2) is 27.7 Å². The van der Waals surface area contributed by atoms with Gasteiger partial charge < -0.3 is 0 Å². The number of hydrogen-bond donors (Lipinski definition) is 2. The molecule has 52 heavy (non-hydrogen) atoms. The van der Waals surface area contributed by atoms with Crippen LogP contribution in [0, 0.1) is 0 Å². The summed E-state index contributed by atoms with van der Waals surface area (Å²) in [5, 5.41) is 8.05. The van der Waals surface area contributed by atoms with Crippen LogP contribution in [0.25, 0.3) is 0 Å². The molecule has 0 radical (unpaired) electrons. The Morgan fingerprint density at radius 2 is 0.846 bits per heavy atom. The van der Waals surface area contributed by atoms with Crippen LogP contribution >= 0.6 is 0 Å². The zero-order valence-corrected chi connectivity index (χ0v) is 30.0. The van der Waals surface area contributed by atoms with E-state index in [1.807, 2.05) is 12.1 Å². The van der Waals surface area contributed by atoms with Gasteiger partial charge in [0.15, 0.2) is 0 Å². The third kappa shape index (κ3) is 10.4. The first kappa shape index (κ1) is 37.1. The van der Waals surface area contributed by atoms with Crippen LogP contribution in [0.15, 0.2) is 144 Å². The number of rotatable bonds is 14. The number of hydrazone groups is 2. The number of hydrogen-bond acceptors (Lipinski definition) is 8. The topological polar surface area (TPSA) is 158 Å². The smallest absolute Gasteiger partial charge is 0.267 e. The van der Waals surface area contributed by atoms with Crippen LogP contribution in [0.1, 0.15) is 43.0 Å². The van der Waals surface area contributed by atoms with Crippen molar-refractivity contribution in [3.63, 3.8) is 0 Å². The van der Waals surface area contributed by atoms with E-state index in [9.17, 15) is 26.4 Å². The van der Waals surface area contributed by atoms with Gasteiger partial charge in [-0.3, -0.25) is 18.2 Å². The summed E-state index contributed by atoms with van der Waals surface area (Å²) in [4.78, 5) is 25.2. The molecule has 2 N–H and O–H groups in total. The first-order chi connectivity index (χ1) is 24.9. The van der Waals surface area contributed by atoms with Gasteiger partial charge in [0.25, 0.3) is 11.8 Å². The van der Waals surface area contributed by atoms with Crippen LogP contribution in [-0.2, 0) is 33.1 Å². The molecule has 0 saturated heterocycles. The Morgan fingerprint density at radius 1 is 0.519 bits per heavy atom. The van der Waals surface area contributed by atoms with Gasteiger partial charge in [0, 0.05) is 11.1 Å². The number of sulfonamides is 2. The fourth-order valence-electron chi connectivity index (χ4n) is 4.97. The number of carbonyl (C=O) groups excluding carboxylic acids is 2. The van der Waals surface area contributed by atoms with Crippen molar-refractivity contribution in [2.45, 2.75) is 13.1 Å². The summed E-state index contributed by atoms with van der Waals surface area (Å²) in [7, 11) is -7.04. The molecule has 0 atom stereocenters. The lowest BCUT2D eigenvalue weighted by Gasteiger charge is -2.22. The quantitative estimate of drug-likeness (QED) is 0.119. The number of nitrogens with one attached hydrogen (secondary N) is 2. The van der Waals surface area contributed by atoms with E-state index < -0.39 is 31.9 Å². The van der Waals surface area contributed by atoms with Crippen LogP contribution in [-0.4, -0.2) is 53.6 Å². The van der Waals surface area contributed by atoms with Crippen molar-refractivity contribution in [1.29, 1.82) is 0 Å². The Labute approximate surface area is 303 Å². The first-order valence-electron chi connectivity index (χ1n) is 15.9. The summed E-state index contributed by atoms with van der Waals surface area (Å²) in [5.41, 5.74) is 9.63. The van der Waals surface area contributed by atoms with E-state index >= 15 is 0 Å². The second-order valence-electron chi connectivity index (χ2n) is 11.7. The van der Waals surface area contributed by atoms with Gasteiger partial charge in [-0.05, 0) is 70.8 Å². The third-order valence-corrected chi connectivity index (χ3v) is 9.95. The highest BCUT2D eigenvalue weighted by Gasteiger charge is 2.19. The van der Waals surface area contributed by atoms with E-state index in [4.69, 9.17) is 0 Å². The molecule has 5 rings (SSSR count). The maximum Gasteiger partial charge on any atom is 0.271 e. The van der Waals surface area contributed by atoms with Gasteiger partial charge >= 0.3 is 0 Å². The second kappa shape index (κ2) is 16.7. The van der Waals surface area contributed by atoms with E-state index in [1.165, 1.54) is 21.0 Å². The minimum atomic E-state index is -3.52. The molecular weight excluding hydrogens is 701 g/mol. The summed E-state index contributed by atoms with van der Waals surface area (Å²) < 4.78 is 52.1. The van der Waals surface area contributed by atoms with Crippen LogP contribution in [0.3, 0.4) is 0 Å². The van der Waals surface area contributed by atoms with Crippen LogP contribution in [0.2, 0.25) is 0 Å². The molecule has 5 aromatic carbocycles. The summed E-state index contributed by atoms with van der Waals surface area (Å²) >= 11 is 0. The monoisotopic (exact) mass is 736 g/mol. The van der Waals surface area contributed by atoms with E-state index in [1.54, 1.807) is 121 Å². The van der Waals surface area contributed by atoms with Gasteiger partial charge in [-0.1, -0.05) is 84.9 Å². The van der Waals surface area contributed by atoms with Gasteiger partial charge in [0.2, 0.25) is 20.0 Å². The van der Waals surface area contributed by atoms with Gasteiger partial charge in [0.1, 0.15) is 0 Å². The Hall–Kier alpha value is -6.12. The predicted molar refractivity (Wildman–Crippen MR) is 204 cm³/mol. The van der Waals surface area contributed by atoms with Crippen molar-refractivity contribution in [2.75, 3.05) is 21.1 Å². The number of nitrogens with zero attached hydrogens (tertiary/aromatic N) is 4. The maximum atomic E-state index is 12.6.